The largest absolute Gasteiger partial charge is 0.490 e. The van der Waals surface area contributed by atoms with Crippen LogP contribution < -0.4 is 15.8 Å². The molecule has 3 N–H and O–H groups in total. The Balaban J connectivity index is 0.00000243. The molecule has 1 saturated heterocycles. The number of nitrogens with one attached hydrogen (secondary N) is 1. The number of nitrogens with two attached hydrogens (primary N) is 1. The summed E-state index contributed by atoms with van der Waals surface area (Å²) in [5.41, 5.74) is 6.07. The van der Waals surface area contributed by atoms with Crippen LogP contribution in [0, 0.1) is 5.41 Å². The lowest BCUT2D eigenvalue weighted by molar-refractivity contribution is -0.136. The Labute approximate surface area is 159 Å². The molecule has 1 aliphatic rings. The van der Waals surface area contributed by atoms with Gasteiger partial charge in [-0.05, 0) is 38.8 Å². The minimum atomic E-state index is -0.547. The molecule has 1 aliphatic heterocycles. The van der Waals surface area contributed by atoms with Gasteiger partial charge in [0.25, 0.3) is 0 Å². The fourth-order valence-corrected chi connectivity index (χ4v) is 3.25. The first-order valence-electron chi connectivity index (χ1n) is 8.83. The van der Waals surface area contributed by atoms with Crippen LogP contribution in [-0.4, -0.2) is 32.3 Å². The monoisotopic (exact) mass is 382 g/mol. The maximum atomic E-state index is 12.8. The van der Waals surface area contributed by atoms with Crippen molar-refractivity contribution < 1.29 is 18.7 Å². The minimum absolute atomic E-state index is 0. The Morgan fingerprint density at radius 3 is 2.77 bits per heavy atom. The zero-order valence-corrected chi connectivity index (χ0v) is 16.1. The molecule has 7 heteroatoms. The standard InChI is InChI=1S/C19H26N2O4.ClH/c1-3-24-15-6-4-5-14-11-16(25-17(14)15)13(2)21-18(22)19(12-20)7-9-23-10-8-19;/h4-6,11,13H,3,7-10,12,20H2,1-2H3,(H,21,22);1H. The van der Waals surface area contributed by atoms with Gasteiger partial charge in [0.15, 0.2) is 11.3 Å². The highest BCUT2D eigenvalue weighted by Gasteiger charge is 2.39. The Kier molecular flexibility index (Phi) is 6.92. The van der Waals surface area contributed by atoms with Crippen molar-refractivity contribution in [2.45, 2.75) is 32.7 Å². The van der Waals surface area contributed by atoms with E-state index in [9.17, 15) is 4.79 Å². The van der Waals surface area contributed by atoms with Gasteiger partial charge in [-0.3, -0.25) is 4.79 Å². The molecule has 0 spiro atoms. The molecule has 1 amide bonds. The first kappa shape index (κ1) is 20.6. The number of carbonyl (C=O) groups excluding carboxylic acids is 1. The van der Waals surface area contributed by atoms with Gasteiger partial charge in [0.1, 0.15) is 5.76 Å². The van der Waals surface area contributed by atoms with E-state index in [-0.39, 0.29) is 24.4 Å². The number of para-hydroxylation sites is 1. The van der Waals surface area contributed by atoms with Crippen molar-refractivity contribution in [2.75, 3.05) is 26.4 Å². The van der Waals surface area contributed by atoms with Crippen LogP contribution in [0.5, 0.6) is 5.75 Å². The van der Waals surface area contributed by atoms with E-state index in [1.807, 2.05) is 38.1 Å². The molecule has 1 aromatic heterocycles. The van der Waals surface area contributed by atoms with E-state index in [1.54, 1.807) is 0 Å². The van der Waals surface area contributed by atoms with Crippen molar-refractivity contribution >= 4 is 29.3 Å². The molecule has 0 bridgehead atoms. The smallest absolute Gasteiger partial charge is 0.228 e. The van der Waals surface area contributed by atoms with Crippen molar-refractivity contribution in [1.82, 2.24) is 5.32 Å². The highest BCUT2D eigenvalue weighted by atomic mass is 35.5. The molecule has 6 nitrogen and oxygen atoms in total. The molecule has 1 fully saturated rings. The summed E-state index contributed by atoms with van der Waals surface area (Å²) in [6, 6.07) is 7.48. The zero-order chi connectivity index (χ0) is 17.9. The second-order valence-electron chi connectivity index (χ2n) is 6.55. The summed E-state index contributed by atoms with van der Waals surface area (Å²) >= 11 is 0. The lowest BCUT2D eigenvalue weighted by Gasteiger charge is -2.35. The quantitative estimate of drug-likeness (QED) is 0.801. The molecule has 2 heterocycles. The minimum Gasteiger partial charge on any atom is -0.490 e. The second kappa shape index (κ2) is 8.75. The van der Waals surface area contributed by atoms with Crippen molar-refractivity contribution in [3.05, 3.63) is 30.0 Å². The normalized spacial score (nSPS) is 17.3. The number of ether oxygens (including phenoxy) is 2. The summed E-state index contributed by atoms with van der Waals surface area (Å²) in [6.45, 7) is 5.89. The number of amides is 1. The van der Waals surface area contributed by atoms with Gasteiger partial charge in [-0.1, -0.05) is 12.1 Å². The molecule has 1 unspecified atom stereocenters. The summed E-state index contributed by atoms with van der Waals surface area (Å²) in [4.78, 5) is 12.8. The molecule has 0 aliphatic carbocycles. The summed E-state index contributed by atoms with van der Waals surface area (Å²) in [5.74, 6) is 1.39. The van der Waals surface area contributed by atoms with E-state index in [2.05, 4.69) is 5.32 Å². The van der Waals surface area contributed by atoms with Crippen LogP contribution in [0.15, 0.2) is 28.7 Å². The van der Waals surface area contributed by atoms with E-state index >= 15 is 0 Å². The van der Waals surface area contributed by atoms with Crippen molar-refractivity contribution in [3.8, 4) is 5.75 Å². The summed E-state index contributed by atoms with van der Waals surface area (Å²) < 4.78 is 17.0. The number of carbonyl (C=O) groups is 1. The summed E-state index contributed by atoms with van der Waals surface area (Å²) in [7, 11) is 0. The molecule has 0 radical (unpaired) electrons. The lowest BCUT2D eigenvalue weighted by Crippen LogP contribution is -2.49. The first-order valence-corrected chi connectivity index (χ1v) is 8.83. The molecule has 1 aromatic carbocycles. The topological polar surface area (TPSA) is 86.7 Å². The summed E-state index contributed by atoms with van der Waals surface area (Å²) in [6.07, 6.45) is 1.30. The molecule has 26 heavy (non-hydrogen) atoms. The average molecular weight is 383 g/mol. The van der Waals surface area contributed by atoms with Gasteiger partial charge in [0, 0.05) is 25.1 Å². The van der Waals surface area contributed by atoms with Crippen LogP contribution in [0.4, 0.5) is 0 Å². The van der Waals surface area contributed by atoms with Gasteiger partial charge in [0.2, 0.25) is 5.91 Å². The Morgan fingerprint density at radius 2 is 2.12 bits per heavy atom. The van der Waals surface area contributed by atoms with Crippen LogP contribution in [0.1, 0.15) is 38.5 Å². The zero-order valence-electron chi connectivity index (χ0n) is 15.2. The number of halogens is 1. The predicted octanol–water partition coefficient (Wildman–Crippen LogP) is 3.19. The van der Waals surface area contributed by atoms with Gasteiger partial charge in [-0.15, -0.1) is 12.4 Å². The maximum absolute atomic E-state index is 12.8. The molecular formula is C19H27ClN2O4. The number of furan rings is 1. The van der Waals surface area contributed by atoms with Gasteiger partial charge in [0.05, 0.1) is 18.1 Å². The van der Waals surface area contributed by atoms with Gasteiger partial charge >= 0.3 is 0 Å². The Bertz CT molecular complexity index is 740. The summed E-state index contributed by atoms with van der Waals surface area (Å²) in [5, 5.41) is 4.02. The SMILES string of the molecule is CCOc1cccc2cc(C(C)NC(=O)C3(CN)CCOCC3)oc12.Cl. The maximum Gasteiger partial charge on any atom is 0.228 e. The average Bonchev–Trinajstić information content (AvgIpc) is 3.08. The second-order valence-corrected chi connectivity index (χ2v) is 6.55. The Morgan fingerprint density at radius 1 is 1.38 bits per heavy atom. The van der Waals surface area contributed by atoms with E-state index in [1.165, 1.54) is 0 Å². The molecule has 1 atom stereocenters. The fraction of sp³-hybridized carbons (Fsp3) is 0.526. The van der Waals surface area contributed by atoms with Gasteiger partial charge < -0.3 is 24.9 Å². The highest BCUT2D eigenvalue weighted by molar-refractivity contribution is 5.86. The van der Waals surface area contributed by atoms with Crippen LogP contribution >= 0.6 is 12.4 Å². The third-order valence-corrected chi connectivity index (χ3v) is 4.92. The third kappa shape index (κ3) is 3.98. The van der Waals surface area contributed by atoms with Crippen LogP contribution in [-0.2, 0) is 9.53 Å². The number of hydrogen-bond acceptors (Lipinski definition) is 5. The number of rotatable bonds is 6. The molecule has 144 valence electrons. The number of hydrogen-bond donors (Lipinski definition) is 2. The molecule has 0 saturated carbocycles. The van der Waals surface area contributed by atoms with Crippen molar-refractivity contribution in [1.29, 1.82) is 0 Å². The van der Waals surface area contributed by atoms with E-state index in [0.29, 0.717) is 56.3 Å². The highest BCUT2D eigenvalue weighted by Crippen LogP contribution is 2.33. The van der Waals surface area contributed by atoms with Crippen LogP contribution in [0.25, 0.3) is 11.0 Å². The van der Waals surface area contributed by atoms with Crippen LogP contribution in [0.3, 0.4) is 0 Å². The third-order valence-electron chi connectivity index (χ3n) is 4.92. The van der Waals surface area contributed by atoms with E-state index in [4.69, 9.17) is 19.6 Å². The lowest BCUT2D eigenvalue weighted by atomic mass is 9.79. The Hall–Kier alpha value is -1.76. The number of fused-ring (bicyclic) bond motifs is 1. The van der Waals surface area contributed by atoms with Crippen molar-refractivity contribution in [3.63, 3.8) is 0 Å². The first-order chi connectivity index (χ1) is 12.1. The van der Waals surface area contributed by atoms with Crippen molar-refractivity contribution in [2.24, 2.45) is 11.1 Å². The molecular weight excluding hydrogens is 356 g/mol. The predicted molar refractivity (Wildman–Crippen MR) is 103 cm³/mol. The van der Waals surface area contributed by atoms with Gasteiger partial charge in [-0.2, -0.15) is 0 Å². The number of benzene rings is 1. The van der Waals surface area contributed by atoms with E-state index < -0.39 is 5.41 Å². The van der Waals surface area contributed by atoms with Crippen LogP contribution in [0.2, 0.25) is 0 Å². The fourth-order valence-electron chi connectivity index (χ4n) is 3.25. The molecule has 2 aromatic rings. The van der Waals surface area contributed by atoms with Gasteiger partial charge in [-0.25, -0.2) is 0 Å². The van der Waals surface area contributed by atoms with E-state index in [0.717, 1.165) is 5.39 Å². The molecule has 3 rings (SSSR count).